The number of hydrogen-bond acceptors (Lipinski definition) is 4. The summed E-state index contributed by atoms with van der Waals surface area (Å²) in [6, 6.07) is 12.0. The average Bonchev–Trinajstić information content (AvgIpc) is 2.61. The fourth-order valence-electron chi connectivity index (χ4n) is 1.91. The number of ether oxygens (including phenoxy) is 1. The smallest absolute Gasteiger partial charge is 0.273 e. The predicted molar refractivity (Wildman–Crippen MR) is 100 cm³/mol. The first kappa shape index (κ1) is 19.4. The van der Waals surface area contributed by atoms with Crippen molar-refractivity contribution < 1.29 is 14.3 Å². The summed E-state index contributed by atoms with van der Waals surface area (Å²) in [5.41, 5.74) is 4.97. The quantitative estimate of drug-likeness (QED) is 0.570. The molecule has 5 nitrogen and oxygen atoms in total. The molecule has 0 saturated heterocycles. The first-order valence-electron chi connectivity index (χ1n) is 7.30. The first-order chi connectivity index (χ1) is 12.0. The van der Waals surface area contributed by atoms with Crippen molar-refractivity contribution in [2.24, 2.45) is 0 Å². The van der Waals surface area contributed by atoms with E-state index in [9.17, 15) is 9.59 Å². The Morgan fingerprint density at radius 3 is 2.40 bits per heavy atom. The van der Waals surface area contributed by atoms with Gasteiger partial charge < -0.3 is 4.74 Å². The molecule has 8 heteroatoms. The van der Waals surface area contributed by atoms with Crippen molar-refractivity contribution in [3.8, 4) is 5.75 Å². The molecule has 2 rings (SSSR count). The van der Waals surface area contributed by atoms with Crippen LogP contribution < -0.4 is 15.6 Å². The minimum absolute atomic E-state index is 0.242. The normalized spacial score (nSPS) is 10.2. The Balaban J connectivity index is 1.78. The maximum absolute atomic E-state index is 12.1. The summed E-state index contributed by atoms with van der Waals surface area (Å²) in [5.74, 6) is 0.146. The Bertz CT molecular complexity index is 754. The topological polar surface area (TPSA) is 67.4 Å². The van der Waals surface area contributed by atoms with Gasteiger partial charge in [0.2, 0.25) is 5.91 Å². The lowest BCUT2D eigenvalue weighted by molar-refractivity contribution is -0.121. The molecule has 0 aliphatic heterocycles. The van der Waals surface area contributed by atoms with Crippen molar-refractivity contribution in [3.63, 3.8) is 0 Å². The highest BCUT2D eigenvalue weighted by atomic mass is 35.5. The van der Waals surface area contributed by atoms with Crippen molar-refractivity contribution >= 4 is 46.8 Å². The van der Waals surface area contributed by atoms with Gasteiger partial charge in [0.15, 0.2) is 0 Å². The zero-order chi connectivity index (χ0) is 18.2. The van der Waals surface area contributed by atoms with Crippen molar-refractivity contribution in [1.82, 2.24) is 10.9 Å². The molecule has 0 aliphatic rings. The summed E-state index contributed by atoms with van der Waals surface area (Å²) >= 11 is 13.2. The number of carbonyl (C=O) groups is 2. The molecule has 0 aromatic heterocycles. The third kappa shape index (κ3) is 6.16. The van der Waals surface area contributed by atoms with E-state index in [0.717, 1.165) is 4.90 Å². The molecule has 0 radical (unpaired) electrons. The van der Waals surface area contributed by atoms with Gasteiger partial charge in [-0.15, -0.1) is 11.8 Å². The van der Waals surface area contributed by atoms with Gasteiger partial charge in [0.25, 0.3) is 5.91 Å². The highest BCUT2D eigenvalue weighted by Crippen LogP contribution is 2.22. The third-order valence-corrected chi connectivity index (χ3v) is 4.63. The SMILES string of the molecule is COc1ccc(Cl)cc1C(=O)NNC(=O)CCSc1ccc(Cl)cc1. The van der Waals surface area contributed by atoms with E-state index in [4.69, 9.17) is 27.9 Å². The molecule has 0 atom stereocenters. The molecule has 0 spiro atoms. The van der Waals surface area contributed by atoms with Crippen LogP contribution in [0.1, 0.15) is 16.8 Å². The molecule has 2 aromatic rings. The molecule has 0 aliphatic carbocycles. The number of methoxy groups -OCH3 is 1. The maximum atomic E-state index is 12.1. The molecule has 0 fully saturated rings. The van der Waals surface area contributed by atoms with E-state index in [-0.39, 0.29) is 17.9 Å². The van der Waals surface area contributed by atoms with Crippen LogP contribution in [0.2, 0.25) is 10.0 Å². The Kier molecular flexibility index (Phi) is 7.43. The second-order valence-corrected chi connectivity index (χ2v) is 6.94. The van der Waals surface area contributed by atoms with Gasteiger partial charge in [-0.3, -0.25) is 20.4 Å². The number of hydrazine groups is 1. The van der Waals surface area contributed by atoms with Crippen LogP contribution in [-0.4, -0.2) is 24.7 Å². The van der Waals surface area contributed by atoms with E-state index in [2.05, 4.69) is 10.9 Å². The molecule has 2 N–H and O–H groups in total. The van der Waals surface area contributed by atoms with Crippen LogP contribution in [0.25, 0.3) is 0 Å². The lowest BCUT2D eigenvalue weighted by atomic mass is 10.2. The lowest BCUT2D eigenvalue weighted by Gasteiger charge is -2.10. The van der Waals surface area contributed by atoms with Crippen molar-refractivity contribution in [2.75, 3.05) is 12.9 Å². The molecule has 2 amide bonds. The van der Waals surface area contributed by atoms with Gasteiger partial charge in [-0.05, 0) is 42.5 Å². The molecular formula is C17H16Cl2N2O3S. The van der Waals surface area contributed by atoms with Crippen LogP contribution in [0.5, 0.6) is 5.75 Å². The monoisotopic (exact) mass is 398 g/mol. The van der Waals surface area contributed by atoms with E-state index in [1.54, 1.807) is 24.3 Å². The van der Waals surface area contributed by atoms with Crippen LogP contribution in [0.15, 0.2) is 47.4 Å². The van der Waals surface area contributed by atoms with E-state index in [1.807, 2.05) is 12.1 Å². The predicted octanol–water partition coefficient (Wildman–Crippen LogP) is 3.95. The Morgan fingerprint density at radius 1 is 1.04 bits per heavy atom. The van der Waals surface area contributed by atoms with Gasteiger partial charge in [-0.25, -0.2) is 0 Å². The highest BCUT2D eigenvalue weighted by molar-refractivity contribution is 7.99. The third-order valence-electron chi connectivity index (χ3n) is 3.13. The van der Waals surface area contributed by atoms with Gasteiger partial charge in [-0.2, -0.15) is 0 Å². The number of amides is 2. The summed E-state index contributed by atoms with van der Waals surface area (Å²) in [5, 5.41) is 1.07. The van der Waals surface area contributed by atoms with Gasteiger partial charge in [0.05, 0.1) is 12.7 Å². The van der Waals surface area contributed by atoms with Crippen LogP contribution in [0, 0.1) is 0 Å². The fourth-order valence-corrected chi connectivity index (χ4v) is 3.06. The number of benzene rings is 2. The Morgan fingerprint density at radius 2 is 1.72 bits per heavy atom. The molecule has 25 heavy (non-hydrogen) atoms. The van der Waals surface area contributed by atoms with Crippen LogP contribution >= 0.6 is 35.0 Å². The molecule has 2 aromatic carbocycles. The summed E-state index contributed by atoms with van der Waals surface area (Å²) < 4.78 is 5.11. The van der Waals surface area contributed by atoms with Gasteiger partial charge >= 0.3 is 0 Å². The van der Waals surface area contributed by atoms with Gasteiger partial charge in [-0.1, -0.05) is 23.2 Å². The highest BCUT2D eigenvalue weighted by Gasteiger charge is 2.13. The standard InChI is InChI=1S/C17H16Cl2N2O3S/c1-24-15-7-4-12(19)10-14(15)17(23)21-20-16(22)8-9-25-13-5-2-11(18)3-6-13/h2-7,10H,8-9H2,1H3,(H,20,22)(H,21,23). The summed E-state index contributed by atoms with van der Waals surface area (Å²) in [6.45, 7) is 0. The molecule has 132 valence electrons. The van der Waals surface area contributed by atoms with Crippen LogP contribution in [0.3, 0.4) is 0 Å². The van der Waals surface area contributed by atoms with Crippen LogP contribution in [-0.2, 0) is 4.79 Å². The number of carbonyl (C=O) groups excluding carboxylic acids is 2. The van der Waals surface area contributed by atoms with Gasteiger partial charge in [0, 0.05) is 27.1 Å². The summed E-state index contributed by atoms with van der Waals surface area (Å²) in [4.78, 5) is 25.0. The summed E-state index contributed by atoms with van der Waals surface area (Å²) in [6.07, 6.45) is 0.250. The first-order valence-corrected chi connectivity index (χ1v) is 9.05. The number of thioether (sulfide) groups is 1. The minimum atomic E-state index is -0.502. The van der Waals surface area contributed by atoms with E-state index in [0.29, 0.717) is 21.5 Å². The molecule has 0 saturated carbocycles. The number of nitrogens with one attached hydrogen (secondary N) is 2. The van der Waals surface area contributed by atoms with Crippen molar-refractivity contribution in [3.05, 3.63) is 58.1 Å². The van der Waals surface area contributed by atoms with Crippen molar-refractivity contribution in [1.29, 1.82) is 0 Å². The van der Waals surface area contributed by atoms with Gasteiger partial charge in [0.1, 0.15) is 5.75 Å². The maximum Gasteiger partial charge on any atom is 0.273 e. The Labute approximate surface area is 160 Å². The minimum Gasteiger partial charge on any atom is -0.496 e. The molecule has 0 unspecified atom stereocenters. The number of halogens is 2. The van der Waals surface area contributed by atoms with E-state index >= 15 is 0 Å². The molecule has 0 heterocycles. The zero-order valence-corrected chi connectivity index (χ0v) is 15.7. The van der Waals surface area contributed by atoms with E-state index < -0.39 is 5.91 Å². The summed E-state index contributed by atoms with van der Waals surface area (Å²) in [7, 11) is 1.45. The number of rotatable bonds is 6. The zero-order valence-electron chi connectivity index (χ0n) is 13.3. The average molecular weight is 399 g/mol. The lowest BCUT2D eigenvalue weighted by Crippen LogP contribution is -2.41. The number of hydrogen-bond donors (Lipinski definition) is 2. The van der Waals surface area contributed by atoms with E-state index in [1.165, 1.54) is 24.9 Å². The molecule has 0 bridgehead atoms. The van der Waals surface area contributed by atoms with Crippen molar-refractivity contribution in [2.45, 2.75) is 11.3 Å². The van der Waals surface area contributed by atoms with Crippen LogP contribution in [0.4, 0.5) is 0 Å². The second-order valence-electron chi connectivity index (χ2n) is 4.90. The largest absolute Gasteiger partial charge is 0.496 e. The fraction of sp³-hybridized carbons (Fsp3) is 0.176. The second kappa shape index (κ2) is 9.56. The molecular weight excluding hydrogens is 383 g/mol. The Hall–Kier alpha value is -1.89.